The number of anilines is 2. The second kappa shape index (κ2) is 18.0. The molecule has 4 aromatic rings. The highest BCUT2D eigenvalue weighted by molar-refractivity contribution is 6.23. The van der Waals surface area contributed by atoms with Crippen molar-refractivity contribution in [3.8, 4) is 5.75 Å². The van der Waals surface area contributed by atoms with Crippen LogP contribution in [-0.2, 0) is 9.59 Å². The molecule has 4 aliphatic heterocycles. The summed E-state index contributed by atoms with van der Waals surface area (Å²) in [5.41, 5.74) is 8.67. The third-order valence-corrected chi connectivity index (χ3v) is 12.1. The lowest BCUT2D eigenvalue weighted by Gasteiger charge is -2.38. The molecule has 1 radical (unpaired) electrons. The summed E-state index contributed by atoms with van der Waals surface area (Å²) in [7, 11) is 0.704. The first-order valence-corrected chi connectivity index (χ1v) is 20.7. The lowest BCUT2D eigenvalue weighted by Crippen LogP contribution is -2.54. The highest BCUT2D eigenvalue weighted by atomic mass is 16.5. The van der Waals surface area contributed by atoms with Crippen LogP contribution in [0.25, 0.3) is 11.1 Å². The molecular formula is C46H50BN6O6. The Labute approximate surface area is 346 Å². The molecule has 4 aromatic carbocycles. The fraction of sp³-hybridized carbons (Fsp3) is 0.348. The van der Waals surface area contributed by atoms with Crippen molar-refractivity contribution < 1.29 is 28.9 Å². The SMILES string of the molecule is CC/C(=C(\c1ccc(O[B]O)cc1)c1ccc(N2CCN(CCCN3CCN(c4ccc5c(c4)C(=O)N(C4CCC(=O)NC4=O)C5=O)CC3)CC2)cc1)c1ccccc1. The molecule has 1 atom stereocenters. The van der Waals surface area contributed by atoms with E-state index < -0.39 is 23.8 Å². The second-order valence-corrected chi connectivity index (χ2v) is 15.6. The van der Waals surface area contributed by atoms with E-state index in [1.54, 1.807) is 12.1 Å². The molecule has 3 fully saturated rings. The second-order valence-electron chi connectivity index (χ2n) is 15.6. The van der Waals surface area contributed by atoms with E-state index in [4.69, 9.17) is 9.68 Å². The highest BCUT2D eigenvalue weighted by Gasteiger charge is 2.44. The zero-order valence-electron chi connectivity index (χ0n) is 33.5. The van der Waals surface area contributed by atoms with Gasteiger partial charge >= 0.3 is 7.69 Å². The van der Waals surface area contributed by atoms with Gasteiger partial charge in [0.1, 0.15) is 11.8 Å². The number of amides is 4. The maximum atomic E-state index is 13.3. The van der Waals surface area contributed by atoms with E-state index in [-0.39, 0.29) is 18.7 Å². The van der Waals surface area contributed by atoms with E-state index in [0.29, 0.717) is 24.6 Å². The zero-order valence-corrected chi connectivity index (χ0v) is 33.5. The molecule has 4 aliphatic rings. The molecule has 12 nitrogen and oxygen atoms in total. The summed E-state index contributed by atoms with van der Waals surface area (Å²) in [5.74, 6) is -1.35. The normalized spacial score (nSPS) is 19.4. The summed E-state index contributed by atoms with van der Waals surface area (Å²) >= 11 is 0. The Kier molecular flexibility index (Phi) is 12.2. The number of nitrogens with one attached hydrogen (secondary N) is 1. The van der Waals surface area contributed by atoms with Crippen molar-refractivity contribution in [2.24, 2.45) is 0 Å². The standard InChI is InChI=1S/C46H50BN6O6/c1-2-38(32-7-4-3-5-8-32)43(34-11-16-37(17-12-34)59-47-58)33-9-13-35(14-10-33)51-27-23-49(24-28-51)21-6-22-50-25-29-52(30-26-50)36-15-18-39-40(31-36)46(57)53(45(39)56)41-19-20-42(54)48-44(41)55/h3-5,7-18,31,41,58H,2,6,19-30H2,1H3,(H,48,54,55)/b43-38+. The monoisotopic (exact) mass is 793 g/mol. The van der Waals surface area contributed by atoms with Crippen LogP contribution < -0.4 is 19.8 Å². The number of piperazine rings is 2. The molecule has 0 spiro atoms. The summed E-state index contributed by atoms with van der Waals surface area (Å²) < 4.78 is 5.18. The molecule has 0 aromatic heterocycles. The highest BCUT2D eigenvalue weighted by Crippen LogP contribution is 2.36. The molecule has 8 rings (SSSR count). The van der Waals surface area contributed by atoms with Crippen LogP contribution in [0.2, 0.25) is 0 Å². The average Bonchev–Trinajstić information content (AvgIpc) is 3.52. The fourth-order valence-electron chi connectivity index (χ4n) is 8.91. The Morgan fingerprint density at radius 3 is 1.86 bits per heavy atom. The van der Waals surface area contributed by atoms with Crippen LogP contribution in [0.15, 0.2) is 97.1 Å². The summed E-state index contributed by atoms with van der Waals surface area (Å²) in [6.45, 7) is 11.8. The van der Waals surface area contributed by atoms with Gasteiger partial charge in [-0.2, -0.15) is 0 Å². The minimum atomic E-state index is -0.962. The number of hydrogen-bond donors (Lipinski definition) is 2. The topological polar surface area (TPSA) is 126 Å². The van der Waals surface area contributed by atoms with Gasteiger partial charge in [-0.25, -0.2) is 0 Å². The first-order valence-electron chi connectivity index (χ1n) is 20.7. The van der Waals surface area contributed by atoms with Crippen LogP contribution in [0.4, 0.5) is 11.4 Å². The van der Waals surface area contributed by atoms with Gasteiger partial charge in [-0.05, 0) is 103 Å². The van der Waals surface area contributed by atoms with Gasteiger partial charge < -0.3 is 19.5 Å². The van der Waals surface area contributed by atoms with Crippen LogP contribution in [0.1, 0.15) is 70.0 Å². The summed E-state index contributed by atoms with van der Waals surface area (Å²) in [4.78, 5) is 61.3. The minimum absolute atomic E-state index is 0.100. The number of nitrogens with zero attached hydrogens (tertiary/aromatic N) is 5. The molecular weight excluding hydrogens is 743 g/mol. The van der Waals surface area contributed by atoms with E-state index >= 15 is 0 Å². The molecule has 13 heteroatoms. The van der Waals surface area contributed by atoms with Crippen molar-refractivity contribution in [3.05, 3.63) is 125 Å². The van der Waals surface area contributed by atoms with Gasteiger partial charge in [-0.15, -0.1) is 0 Å². The first-order chi connectivity index (χ1) is 28.8. The van der Waals surface area contributed by atoms with E-state index in [1.165, 1.54) is 22.4 Å². The van der Waals surface area contributed by atoms with Gasteiger partial charge in [0.2, 0.25) is 11.8 Å². The summed E-state index contributed by atoms with van der Waals surface area (Å²) in [6.07, 6.45) is 2.22. The van der Waals surface area contributed by atoms with E-state index in [2.05, 4.69) is 80.4 Å². The zero-order chi connectivity index (χ0) is 40.9. The Bertz CT molecular complexity index is 2200. The average molecular weight is 794 g/mol. The van der Waals surface area contributed by atoms with Crippen molar-refractivity contribution in [1.82, 2.24) is 20.0 Å². The number of hydrogen-bond acceptors (Lipinski definition) is 10. The van der Waals surface area contributed by atoms with Crippen LogP contribution in [0.5, 0.6) is 5.75 Å². The Morgan fingerprint density at radius 1 is 0.695 bits per heavy atom. The van der Waals surface area contributed by atoms with Crippen LogP contribution in [-0.4, -0.2) is 123 Å². The number of carbonyl (C=O) groups excluding carboxylic acids is 4. The number of allylic oxidation sites excluding steroid dienone is 1. The molecule has 1 unspecified atom stereocenters. The lowest BCUT2D eigenvalue weighted by molar-refractivity contribution is -0.136. The molecule has 59 heavy (non-hydrogen) atoms. The third kappa shape index (κ3) is 8.68. The lowest BCUT2D eigenvalue weighted by atomic mass is 9.88. The molecule has 0 bridgehead atoms. The van der Waals surface area contributed by atoms with Crippen LogP contribution in [0, 0.1) is 0 Å². The summed E-state index contributed by atoms with van der Waals surface area (Å²) in [5, 5.41) is 11.4. The predicted octanol–water partition coefficient (Wildman–Crippen LogP) is 4.70. The van der Waals surface area contributed by atoms with Crippen molar-refractivity contribution in [3.63, 3.8) is 0 Å². The van der Waals surface area contributed by atoms with Crippen molar-refractivity contribution >= 4 is 53.8 Å². The van der Waals surface area contributed by atoms with Gasteiger partial charge in [0.25, 0.3) is 11.8 Å². The molecule has 0 aliphatic carbocycles. The number of rotatable bonds is 13. The Balaban J connectivity index is 0.813. The van der Waals surface area contributed by atoms with Crippen LogP contribution >= 0.6 is 0 Å². The number of benzene rings is 4. The molecule has 2 N–H and O–H groups in total. The first kappa shape index (κ1) is 40.0. The molecule has 4 heterocycles. The predicted molar refractivity (Wildman–Crippen MR) is 229 cm³/mol. The fourth-order valence-corrected chi connectivity index (χ4v) is 8.91. The van der Waals surface area contributed by atoms with Gasteiger partial charge in [0, 0.05) is 70.2 Å². The van der Waals surface area contributed by atoms with E-state index in [0.717, 1.165) is 100 Å². The maximum Gasteiger partial charge on any atom is 0.569 e. The molecule has 3 saturated heterocycles. The third-order valence-electron chi connectivity index (χ3n) is 12.1. The van der Waals surface area contributed by atoms with Gasteiger partial charge in [-0.1, -0.05) is 61.5 Å². The number of fused-ring (bicyclic) bond motifs is 1. The quantitative estimate of drug-likeness (QED) is 0.112. The van der Waals surface area contributed by atoms with Gasteiger partial charge in [0.15, 0.2) is 0 Å². The smallest absolute Gasteiger partial charge is 0.537 e. The van der Waals surface area contributed by atoms with Crippen molar-refractivity contribution in [2.75, 3.05) is 75.2 Å². The summed E-state index contributed by atoms with van der Waals surface area (Å²) in [6, 6.07) is 31.8. The molecule has 303 valence electrons. The van der Waals surface area contributed by atoms with E-state index in [9.17, 15) is 19.2 Å². The van der Waals surface area contributed by atoms with Crippen molar-refractivity contribution in [2.45, 2.75) is 38.6 Å². The Hall–Kier alpha value is -5.76. The maximum absolute atomic E-state index is 13.3. The number of piperidine rings is 1. The molecule has 4 amide bonds. The van der Waals surface area contributed by atoms with Crippen LogP contribution in [0.3, 0.4) is 0 Å². The number of carbonyl (C=O) groups is 4. The minimum Gasteiger partial charge on any atom is -0.537 e. The Morgan fingerprint density at radius 2 is 1.27 bits per heavy atom. The largest absolute Gasteiger partial charge is 0.569 e. The molecule has 0 saturated carbocycles. The van der Waals surface area contributed by atoms with E-state index in [1.807, 2.05) is 36.4 Å². The number of imide groups is 2. The van der Waals surface area contributed by atoms with Gasteiger partial charge in [0.05, 0.1) is 11.1 Å². The van der Waals surface area contributed by atoms with Gasteiger partial charge in [-0.3, -0.25) is 39.2 Å². The van der Waals surface area contributed by atoms with Crippen molar-refractivity contribution in [1.29, 1.82) is 0 Å².